The highest BCUT2D eigenvalue weighted by atomic mass is 16.4. The third-order valence-electron chi connectivity index (χ3n) is 1.72. The van der Waals surface area contributed by atoms with E-state index in [4.69, 9.17) is 5.11 Å². The van der Waals surface area contributed by atoms with E-state index in [-0.39, 0.29) is 5.69 Å². The molecule has 0 bridgehead atoms. The van der Waals surface area contributed by atoms with Crippen LogP contribution in [-0.2, 0) is 6.42 Å². The van der Waals surface area contributed by atoms with Crippen LogP contribution in [0.4, 0.5) is 0 Å². The Bertz CT molecular complexity index is 310. The molecule has 0 atom stereocenters. The highest BCUT2D eigenvalue weighted by molar-refractivity contribution is 5.87. The number of rotatable bonds is 2. The van der Waals surface area contributed by atoms with Gasteiger partial charge in [-0.15, -0.1) is 0 Å². The van der Waals surface area contributed by atoms with Gasteiger partial charge in [0, 0.05) is 11.3 Å². The van der Waals surface area contributed by atoms with Crippen molar-refractivity contribution in [2.24, 2.45) is 0 Å². The van der Waals surface area contributed by atoms with Gasteiger partial charge >= 0.3 is 5.97 Å². The van der Waals surface area contributed by atoms with Crippen LogP contribution in [0.2, 0.25) is 0 Å². The summed E-state index contributed by atoms with van der Waals surface area (Å²) in [6.45, 7) is 3.67. The van der Waals surface area contributed by atoms with Crippen LogP contribution in [-0.4, -0.2) is 21.0 Å². The summed E-state index contributed by atoms with van der Waals surface area (Å²) in [6, 6.07) is 0. The zero-order chi connectivity index (χ0) is 9.14. The van der Waals surface area contributed by atoms with Crippen molar-refractivity contribution in [2.45, 2.75) is 20.3 Å². The van der Waals surface area contributed by atoms with Crippen molar-refractivity contribution in [3.8, 4) is 0 Å². The van der Waals surface area contributed by atoms with Crippen LogP contribution in [0.5, 0.6) is 0 Å². The van der Waals surface area contributed by atoms with Gasteiger partial charge in [0.05, 0.1) is 0 Å². The number of hydrogen-bond donors (Lipinski definition) is 1. The molecule has 0 saturated heterocycles. The lowest BCUT2D eigenvalue weighted by Crippen LogP contribution is -2.07. The molecule has 1 heterocycles. The molecule has 1 N–H and O–H groups in total. The number of carboxylic acid groups (broad SMARTS) is 1. The zero-order valence-electron chi connectivity index (χ0n) is 7.03. The summed E-state index contributed by atoms with van der Waals surface area (Å²) in [5.41, 5.74) is 1.57. The zero-order valence-corrected chi connectivity index (χ0v) is 7.03. The van der Waals surface area contributed by atoms with Gasteiger partial charge in [0.15, 0.2) is 5.69 Å². The van der Waals surface area contributed by atoms with Crippen LogP contribution in [0.3, 0.4) is 0 Å². The van der Waals surface area contributed by atoms with Crippen molar-refractivity contribution in [1.29, 1.82) is 0 Å². The molecule has 0 aromatic carbocycles. The van der Waals surface area contributed by atoms with E-state index < -0.39 is 5.97 Å². The van der Waals surface area contributed by atoms with E-state index in [1.165, 1.54) is 6.33 Å². The smallest absolute Gasteiger partial charge is 0.354 e. The maximum atomic E-state index is 10.6. The summed E-state index contributed by atoms with van der Waals surface area (Å²) in [6.07, 6.45) is 1.92. The molecular weight excluding hydrogens is 156 g/mol. The van der Waals surface area contributed by atoms with E-state index in [1.807, 2.05) is 6.92 Å². The molecule has 1 aromatic heterocycles. The molecule has 0 aliphatic rings. The molecule has 0 spiro atoms. The lowest BCUT2D eigenvalue weighted by atomic mass is 10.1. The summed E-state index contributed by atoms with van der Waals surface area (Å²) in [5.74, 6) is -0.989. The minimum Gasteiger partial charge on any atom is -0.477 e. The van der Waals surface area contributed by atoms with Crippen molar-refractivity contribution in [3.05, 3.63) is 23.3 Å². The Labute approximate surface area is 70.3 Å². The van der Waals surface area contributed by atoms with Gasteiger partial charge in [0.2, 0.25) is 0 Å². The fourth-order valence-corrected chi connectivity index (χ4v) is 1.11. The second-order valence-corrected chi connectivity index (χ2v) is 2.44. The standard InChI is InChI=1S/C8H10N2O2/c1-3-6-5(2)9-4-10-7(6)8(11)12/h4H,3H2,1-2H3,(H,11,12). The van der Waals surface area contributed by atoms with Crippen LogP contribution in [0.15, 0.2) is 6.33 Å². The largest absolute Gasteiger partial charge is 0.477 e. The molecule has 0 fully saturated rings. The average Bonchev–Trinajstić information content (AvgIpc) is 2.03. The van der Waals surface area contributed by atoms with Gasteiger partial charge in [0.25, 0.3) is 0 Å². The lowest BCUT2D eigenvalue weighted by molar-refractivity contribution is 0.0689. The van der Waals surface area contributed by atoms with E-state index in [2.05, 4.69) is 9.97 Å². The normalized spacial score (nSPS) is 9.83. The van der Waals surface area contributed by atoms with Crippen molar-refractivity contribution in [2.75, 3.05) is 0 Å². The molecule has 1 aromatic rings. The monoisotopic (exact) mass is 166 g/mol. The van der Waals surface area contributed by atoms with Gasteiger partial charge in [-0.05, 0) is 13.3 Å². The second kappa shape index (κ2) is 3.30. The van der Waals surface area contributed by atoms with Crippen LogP contribution in [0.25, 0.3) is 0 Å². The third kappa shape index (κ3) is 1.42. The molecule has 0 saturated carbocycles. The predicted molar refractivity (Wildman–Crippen MR) is 43.1 cm³/mol. The van der Waals surface area contributed by atoms with Crippen molar-refractivity contribution in [3.63, 3.8) is 0 Å². The Hall–Kier alpha value is -1.45. The van der Waals surface area contributed by atoms with Crippen LogP contribution < -0.4 is 0 Å². The maximum absolute atomic E-state index is 10.6. The molecule has 4 nitrogen and oxygen atoms in total. The van der Waals surface area contributed by atoms with E-state index in [1.54, 1.807) is 6.92 Å². The van der Waals surface area contributed by atoms with Gasteiger partial charge in [-0.25, -0.2) is 14.8 Å². The number of carbonyl (C=O) groups is 1. The Balaban J connectivity index is 3.27. The molecule has 0 aliphatic carbocycles. The summed E-state index contributed by atoms with van der Waals surface area (Å²) in [7, 11) is 0. The molecule has 1 rings (SSSR count). The summed E-state index contributed by atoms with van der Waals surface area (Å²) < 4.78 is 0. The SMILES string of the molecule is CCc1c(C)ncnc1C(=O)O. The first-order chi connectivity index (χ1) is 5.66. The van der Waals surface area contributed by atoms with Crippen molar-refractivity contribution in [1.82, 2.24) is 9.97 Å². The number of aryl methyl sites for hydroxylation is 1. The number of hydrogen-bond acceptors (Lipinski definition) is 3. The summed E-state index contributed by atoms with van der Waals surface area (Å²) >= 11 is 0. The Morgan fingerprint density at radius 1 is 1.58 bits per heavy atom. The van der Waals surface area contributed by atoms with Crippen LogP contribution in [0.1, 0.15) is 28.7 Å². The molecular formula is C8H10N2O2. The first-order valence-electron chi connectivity index (χ1n) is 3.70. The summed E-state index contributed by atoms with van der Waals surface area (Å²) in [5, 5.41) is 8.73. The van der Waals surface area contributed by atoms with E-state index in [0.29, 0.717) is 12.0 Å². The lowest BCUT2D eigenvalue weighted by Gasteiger charge is -2.03. The van der Waals surface area contributed by atoms with Crippen LogP contribution >= 0.6 is 0 Å². The maximum Gasteiger partial charge on any atom is 0.354 e. The Kier molecular flexibility index (Phi) is 2.38. The van der Waals surface area contributed by atoms with Crippen LogP contribution in [0, 0.1) is 6.92 Å². The molecule has 0 radical (unpaired) electrons. The molecule has 4 heteroatoms. The highest BCUT2D eigenvalue weighted by Crippen LogP contribution is 2.09. The highest BCUT2D eigenvalue weighted by Gasteiger charge is 2.12. The van der Waals surface area contributed by atoms with Gasteiger partial charge < -0.3 is 5.11 Å². The first-order valence-corrected chi connectivity index (χ1v) is 3.70. The molecule has 0 amide bonds. The van der Waals surface area contributed by atoms with Gasteiger partial charge in [-0.3, -0.25) is 0 Å². The fourth-order valence-electron chi connectivity index (χ4n) is 1.11. The molecule has 64 valence electrons. The fraction of sp³-hybridized carbons (Fsp3) is 0.375. The van der Waals surface area contributed by atoms with Gasteiger partial charge in [0.1, 0.15) is 6.33 Å². The van der Waals surface area contributed by atoms with E-state index in [0.717, 1.165) is 5.69 Å². The van der Waals surface area contributed by atoms with E-state index in [9.17, 15) is 4.79 Å². The Morgan fingerprint density at radius 2 is 2.25 bits per heavy atom. The minimum atomic E-state index is -0.989. The van der Waals surface area contributed by atoms with Crippen molar-refractivity contribution < 1.29 is 9.90 Å². The molecule has 0 unspecified atom stereocenters. The number of carboxylic acids is 1. The van der Waals surface area contributed by atoms with Gasteiger partial charge in [-0.1, -0.05) is 6.92 Å². The Morgan fingerprint density at radius 3 is 2.67 bits per heavy atom. The second-order valence-electron chi connectivity index (χ2n) is 2.44. The van der Waals surface area contributed by atoms with Gasteiger partial charge in [-0.2, -0.15) is 0 Å². The minimum absolute atomic E-state index is 0.116. The quantitative estimate of drug-likeness (QED) is 0.713. The summed E-state index contributed by atoms with van der Waals surface area (Å²) in [4.78, 5) is 18.3. The molecule has 0 aliphatic heterocycles. The number of nitrogens with zero attached hydrogens (tertiary/aromatic N) is 2. The average molecular weight is 166 g/mol. The predicted octanol–water partition coefficient (Wildman–Crippen LogP) is 1.05. The number of aromatic nitrogens is 2. The topological polar surface area (TPSA) is 63.1 Å². The first kappa shape index (κ1) is 8.64. The van der Waals surface area contributed by atoms with Crippen molar-refractivity contribution >= 4 is 5.97 Å². The molecule has 12 heavy (non-hydrogen) atoms. The van der Waals surface area contributed by atoms with E-state index >= 15 is 0 Å². The number of aromatic carboxylic acids is 1. The third-order valence-corrected chi connectivity index (χ3v) is 1.72.